The second-order valence-corrected chi connectivity index (χ2v) is 11.1. The Morgan fingerprint density at radius 3 is 2.46 bits per heavy atom. The van der Waals surface area contributed by atoms with Crippen molar-refractivity contribution in [1.29, 1.82) is 0 Å². The van der Waals surface area contributed by atoms with Crippen molar-refractivity contribution in [3.63, 3.8) is 0 Å². The third kappa shape index (κ3) is 5.01. The Bertz CT molecular complexity index is 1280. The van der Waals surface area contributed by atoms with E-state index in [2.05, 4.69) is 10.3 Å². The van der Waals surface area contributed by atoms with Crippen molar-refractivity contribution in [1.82, 2.24) is 24.4 Å². The highest BCUT2D eigenvalue weighted by atomic mass is 32.2. The quantitative estimate of drug-likeness (QED) is 0.544. The maximum atomic E-state index is 12.8. The van der Waals surface area contributed by atoms with Crippen LogP contribution in [0.4, 0.5) is 0 Å². The first-order valence-electron chi connectivity index (χ1n) is 12.4. The van der Waals surface area contributed by atoms with Gasteiger partial charge in [-0.3, -0.25) is 14.5 Å². The molecule has 1 aliphatic carbocycles. The summed E-state index contributed by atoms with van der Waals surface area (Å²) in [5.41, 5.74) is 4.77. The van der Waals surface area contributed by atoms with Crippen LogP contribution in [0.3, 0.4) is 0 Å². The molecule has 0 atom stereocenters. The number of nitrogens with zero attached hydrogens (tertiary/aromatic N) is 4. The molecule has 1 saturated heterocycles. The van der Waals surface area contributed by atoms with Crippen LogP contribution in [0.25, 0.3) is 11.4 Å². The molecule has 0 saturated carbocycles. The predicted octanol–water partition coefficient (Wildman–Crippen LogP) is 3.43. The summed E-state index contributed by atoms with van der Waals surface area (Å²) >= 11 is 0. The molecule has 1 amide bonds. The smallest absolute Gasteiger partial charge is 0.251 e. The van der Waals surface area contributed by atoms with Gasteiger partial charge in [-0.1, -0.05) is 12.5 Å². The minimum Gasteiger partial charge on any atom is -0.350 e. The molecule has 1 fully saturated rings. The molecular weight excluding hydrogens is 462 g/mol. The third-order valence-electron chi connectivity index (χ3n) is 6.84. The fraction of sp³-hybridized carbons (Fsp3) is 0.423. The molecule has 0 radical (unpaired) electrons. The second-order valence-electron chi connectivity index (χ2n) is 9.16. The first-order valence-corrected chi connectivity index (χ1v) is 13.9. The lowest BCUT2D eigenvalue weighted by Gasteiger charge is -2.25. The van der Waals surface area contributed by atoms with Gasteiger partial charge in [-0.15, -0.1) is 0 Å². The number of piperidine rings is 1. The lowest BCUT2D eigenvalue weighted by atomic mass is 9.95. The number of nitrogens with one attached hydrogen (secondary N) is 1. The number of sulfonamides is 1. The van der Waals surface area contributed by atoms with Crippen LogP contribution in [0.2, 0.25) is 0 Å². The third-order valence-corrected chi connectivity index (χ3v) is 8.76. The van der Waals surface area contributed by atoms with Crippen LogP contribution in [0.15, 0.2) is 53.6 Å². The van der Waals surface area contributed by atoms with E-state index in [1.807, 2.05) is 22.9 Å². The van der Waals surface area contributed by atoms with E-state index in [1.54, 1.807) is 18.3 Å². The summed E-state index contributed by atoms with van der Waals surface area (Å²) in [5, 5.41) is 7.80. The van der Waals surface area contributed by atoms with Crippen molar-refractivity contribution in [2.24, 2.45) is 0 Å². The lowest BCUT2D eigenvalue weighted by Crippen LogP contribution is -2.35. The minimum absolute atomic E-state index is 0.224. The molecule has 5 rings (SSSR count). The van der Waals surface area contributed by atoms with E-state index in [9.17, 15) is 13.2 Å². The summed E-state index contributed by atoms with van der Waals surface area (Å²) in [6, 6.07) is 12.1. The van der Waals surface area contributed by atoms with Gasteiger partial charge in [-0.05, 0) is 74.9 Å². The number of rotatable bonds is 7. The van der Waals surface area contributed by atoms with Gasteiger partial charge in [0.25, 0.3) is 5.91 Å². The van der Waals surface area contributed by atoms with Crippen LogP contribution < -0.4 is 5.32 Å². The van der Waals surface area contributed by atoms with E-state index in [0.717, 1.165) is 56.3 Å². The van der Waals surface area contributed by atoms with Gasteiger partial charge in [0.15, 0.2) is 0 Å². The summed E-state index contributed by atoms with van der Waals surface area (Å²) in [4.78, 5) is 17.4. The van der Waals surface area contributed by atoms with E-state index >= 15 is 0 Å². The highest BCUT2D eigenvalue weighted by molar-refractivity contribution is 7.89. The number of pyridine rings is 1. The number of benzene rings is 1. The maximum absolute atomic E-state index is 12.8. The number of carbonyl (C=O) groups excluding carboxylic acids is 1. The number of carbonyl (C=O) groups is 1. The zero-order valence-electron chi connectivity index (χ0n) is 19.8. The molecule has 3 heterocycles. The fourth-order valence-electron chi connectivity index (χ4n) is 4.97. The number of fused-ring (bicyclic) bond motifs is 1. The van der Waals surface area contributed by atoms with E-state index in [4.69, 9.17) is 5.10 Å². The fourth-order valence-corrected chi connectivity index (χ4v) is 6.49. The van der Waals surface area contributed by atoms with Gasteiger partial charge in [0.05, 0.1) is 17.1 Å². The largest absolute Gasteiger partial charge is 0.350 e. The Morgan fingerprint density at radius 1 is 0.943 bits per heavy atom. The topological polar surface area (TPSA) is 97.2 Å². The van der Waals surface area contributed by atoms with Gasteiger partial charge in [0, 0.05) is 42.7 Å². The molecule has 1 aromatic carbocycles. The lowest BCUT2D eigenvalue weighted by molar-refractivity contribution is 0.0951. The molecule has 0 bridgehead atoms. The number of aromatic nitrogens is 3. The molecule has 35 heavy (non-hydrogen) atoms. The molecule has 2 aromatic heterocycles. The summed E-state index contributed by atoms with van der Waals surface area (Å²) in [7, 11) is -3.50. The maximum Gasteiger partial charge on any atom is 0.251 e. The molecule has 8 nitrogen and oxygen atoms in total. The van der Waals surface area contributed by atoms with Crippen LogP contribution in [-0.2, 0) is 29.4 Å². The highest BCUT2D eigenvalue weighted by Gasteiger charge is 2.26. The van der Waals surface area contributed by atoms with E-state index < -0.39 is 10.0 Å². The average molecular weight is 494 g/mol. The van der Waals surface area contributed by atoms with Crippen LogP contribution in [0.5, 0.6) is 0 Å². The minimum atomic E-state index is -3.50. The first kappa shape index (κ1) is 23.7. The average Bonchev–Trinajstić information content (AvgIpc) is 3.28. The van der Waals surface area contributed by atoms with Crippen LogP contribution in [0.1, 0.15) is 53.7 Å². The molecular formula is C26H31N5O3S. The van der Waals surface area contributed by atoms with Crippen molar-refractivity contribution in [3.05, 3.63) is 65.5 Å². The molecule has 1 aliphatic heterocycles. The molecule has 9 heteroatoms. The Balaban J connectivity index is 1.23. The predicted molar refractivity (Wildman–Crippen MR) is 133 cm³/mol. The van der Waals surface area contributed by atoms with Crippen molar-refractivity contribution < 1.29 is 13.2 Å². The van der Waals surface area contributed by atoms with Crippen molar-refractivity contribution in [3.8, 4) is 11.4 Å². The molecule has 0 spiro atoms. The van der Waals surface area contributed by atoms with Crippen molar-refractivity contribution in [2.75, 3.05) is 19.6 Å². The van der Waals surface area contributed by atoms with Crippen molar-refractivity contribution in [2.45, 2.75) is 56.4 Å². The Labute approximate surface area is 206 Å². The number of hydrogen-bond acceptors (Lipinski definition) is 5. The molecule has 1 N–H and O–H groups in total. The van der Waals surface area contributed by atoms with Gasteiger partial charge in [0.2, 0.25) is 10.0 Å². The van der Waals surface area contributed by atoms with Gasteiger partial charge in [0.1, 0.15) is 5.69 Å². The first-order chi connectivity index (χ1) is 17.0. The number of hydrogen-bond donors (Lipinski definition) is 1. The Hall–Kier alpha value is -3.04. The SMILES string of the molecule is O=C(NCCn1nc(-c2ccccn2)c2c1CCCC2)c1ccc(S(=O)(=O)N2CCCCC2)cc1. The van der Waals surface area contributed by atoms with Gasteiger partial charge in [-0.2, -0.15) is 9.40 Å². The van der Waals surface area contributed by atoms with Gasteiger partial charge < -0.3 is 5.32 Å². The van der Waals surface area contributed by atoms with Crippen molar-refractivity contribution >= 4 is 15.9 Å². The Morgan fingerprint density at radius 2 is 1.71 bits per heavy atom. The molecule has 184 valence electrons. The van der Waals surface area contributed by atoms with E-state index in [0.29, 0.717) is 31.7 Å². The summed E-state index contributed by atoms with van der Waals surface area (Å²) in [6.45, 7) is 2.12. The van der Waals surface area contributed by atoms with Gasteiger partial charge in [-0.25, -0.2) is 8.42 Å². The van der Waals surface area contributed by atoms with Gasteiger partial charge >= 0.3 is 0 Å². The standard InChI is InChI=1S/C26H31N5O3S/c32-26(20-11-13-21(14-12-20)35(33,34)30-17-6-1-7-18-30)28-16-19-31-24-10-3-2-8-22(24)25(29-31)23-9-4-5-15-27-23/h4-5,9,11-15H,1-3,6-8,10,16-19H2,(H,28,32). The zero-order chi connectivity index (χ0) is 24.3. The van der Waals surface area contributed by atoms with Crippen LogP contribution in [0, 0.1) is 0 Å². The Kier molecular flexibility index (Phi) is 6.97. The summed E-state index contributed by atoms with van der Waals surface area (Å²) in [6.07, 6.45) is 8.91. The van der Waals surface area contributed by atoms with Crippen LogP contribution in [-0.4, -0.2) is 53.0 Å². The molecule has 3 aromatic rings. The van der Waals surface area contributed by atoms with Crippen LogP contribution >= 0.6 is 0 Å². The summed E-state index contributed by atoms with van der Waals surface area (Å²) < 4.78 is 29.2. The molecule has 0 unspecified atom stereocenters. The zero-order valence-corrected chi connectivity index (χ0v) is 20.6. The monoisotopic (exact) mass is 493 g/mol. The van der Waals surface area contributed by atoms with E-state index in [1.165, 1.54) is 27.7 Å². The normalized spacial score (nSPS) is 16.6. The van der Waals surface area contributed by atoms with E-state index in [-0.39, 0.29) is 10.8 Å². The second kappa shape index (κ2) is 10.3. The highest BCUT2D eigenvalue weighted by Crippen LogP contribution is 2.30. The molecule has 2 aliphatic rings. The number of amides is 1. The summed E-state index contributed by atoms with van der Waals surface area (Å²) in [5.74, 6) is -0.224.